The number of rotatable bonds is 9. The van der Waals surface area contributed by atoms with E-state index in [0.717, 1.165) is 45.0 Å². The highest BCUT2D eigenvalue weighted by atomic mass is 127. The van der Waals surface area contributed by atoms with Gasteiger partial charge in [0.05, 0.1) is 6.54 Å². The second-order valence-corrected chi connectivity index (χ2v) is 5.73. The summed E-state index contributed by atoms with van der Waals surface area (Å²) >= 11 is 0. The summed E-state index contributed by atoms with van der Waals surface area (Å²) in [6.07, 6.45) is 2.19. The quantitative estimate of drug-likeness (QED) is 0.358. The third kappa shape index (κ3) is 10.5. The summed E-state index contributed by atoms with van der Waals surface area (Å²) in [7, 11) is 2.12. The molecule has 1 atom stereocenters. The van der Waals surface area contributed by atoms with E-state index >= 15 is 0 Å². The SMILES string of the molecule is CCNC(=NCCN(C)CC)NC(C)CCc1ccccc1.I. The number of nitrogens with zero attached hydrogens (tertiary/aromatic N) is 2. The van der Waals surface area contributed by atoms with Gasteiger partial charge >= 0.3 is 0 Å². The average molecular weight is 432 g/mol. The van der Waals surface area contributed by atoms with E-state index in [1.807, 2.05) is 0 Å². The molecule has 132 valence electrons. The third-order valence-corrected chi connectivity index (χ3v) is 3.73. The van der Waals surface area contributed by atoms with E-state index in [4.69, 9.17) is 0 Å². The van der Waals surface area contributed by atoms with Crippen molar-refractivity contribution < 1.29 is 0 Å². The lowest BCUT2D eigenvalue weighted by Gasteiger charge is -2.18. The molecule has 0 aromatic heterocycles. The molecule has 0 saturated heterocycles. The van der Waals surface area contributed by atoms with E-state index < -0.39 is 0 Å². The normalized spacial score (nSPS) is 12.7. The Hall–Kier alpha value is -0.820. The maximum absolute atomic E-state index is 4.65. The molecule has 1 aromatic rings. The predicted octanol–water partition coefficient (Wildman–Crippen LogP) is 3.13. The molecule has 0 aliphatic rings. The van der Waals surface area contributed by atoms with Gasteiger partial charge in [0.15, 0.2) is 5.96 Å². The monoisotopic (exact) mass is 432 g/mol. The Morgan fingerprint density at radius 2 is 1.91 bits per heavy atom. The van der Waals surface area contributed by atoms with Gasteiger partial charge in [0.25, 0.3) is 0 Å². The van der Waals surface area contributed by atoms with Crippen molar-refractivity contribution in [2.75, 3.05) is 33.2 Å². The topological polar surface area (TPSA) is 39.7 Å². The van der Waals surface area contributed by atoms with Crippen molar-refractivity contribution in [1.29, 1.82) is 0 Å². The standard InChI is InChI=1S/C18H32N4.HI/c1-5-19-18(20-14-15-22(4)6-2)21-16(3)12-13-17-10-8-7-9-11-17;/h7-11,16H,5-6,12-15H2,1-4H3,(H2,19,20,21);1H. The maximum atomic E-state index is 4.65. The van der Waals surface area contributed by atoms with E-state index in [-0.39, 0.29) is 24.0 Å². The van der Waals surface area contributed by atoms with Gasteiger partial charge in [-0.05, 0) is 45.8 Å². The number of hydrogen-bond donors (Lipinski definition) is 2. The van der Waals surface area contributed by atoms with E-state index in [9.17, 15) is 0 Å². The summed E-state index contributed by atoms with van der Waals surface area (Å²) in [6, 6.07) is 11.0. The van der Waals surface area contributed by atoms with Crippen molar-refractivity contribution in [2.45, 2.75) is 39.7 Å². The summed E-state index contributed by atoms with van der Waals surface area (Å²) in [6.45, 7) is 10.3. The van der Waals surface area contributed by atoms with Gasteiger partial charge in [-0.1, -0.05) is 37.3 Å². The lowest BCUT2D eigenvalue weighted by atomic mass is 10.1. The van der Waals surface area contributed by atoms with E-state index in [0.29, 0.717) is 6.04 Å². The minimum atomic E-state index is 0. The smallest absolute Gasteiger partial charge is 0.191 e. The van der Waals surface area contributed by atoms with Crippen LogP contribution >= 0.6 is 24.0 Å². The maximum Gasteiger partial charge on any atom is 0.191 e. The van der Waals surface area contributed by atoms with Crippen LogP contribution in [0.5, 0.6) is 0 Å². The number of aryl methyl sites for hydroxylation is 1. The summed E-state index contributed by atoms with van der Waals surface area (Å²) < 4.78 is 0. The first-order valence-electron chi connectivity index (χ1n) is 8.43. The highest BCUT2D eigenvalue weighted by Crippen LogP contribution is 2.04. The fourth-order valence-electron chi connectivity index (χ4n) is 2.14. The Morgan fingerprint density at radius 1 is 1.22 bits per heavy atom. The van der Waals surface area contributed by atoms with Gasteiger partial charge in [-0.25, -0.2) is 0 Å². The zero-order valence-electron chi connectivity index (χ0n) is 15.0. The first-order valence-corrected chi connectivity index (χ1v) is 8.43. The van der Waals surface area contributed by atoms with Crippen LogP contribution in [0, 0.1) is 0 Å². The van der Waals surface area contributed by atoms with Gasteiger partial charge in [0, 0.05) is 19.1 Å². The molecule has 0 radical (unpaired) electrons. The molecular formula is C18H33IN4. The second-order valence-electron chi connectivity index (χ2n) is 5.73. The molecule has 2 N–H and O–H groups in total. The zero-order chi connectivity index (χ0) is 16.2. The van der Waals surface area contributed by atoms with Crippen molar-refractivity contribution in [2.24, 2.45) is 4.99 Å². The summed E-state index contributed by atoms with van der Waals surface area (Å²) in [4.78, 5) is 6.92. The Labute approximate surface area is 159 Å². The molecule has 1 unspecified atom stereocenters. The van der Waals surface area contributed by atoms with Gasteiger partial charge in [-0.15, -0.1) is 24.0 Å². The van der Waals surface area contributed by atoms with Crippen LogP contribution in [0.15, 0.2) is 35.3 Å². The molecule has 5 heteroatoms. The minimum Gasteiger partial charge on any atom is -0.357 e. The van der Waals surface area contributed by atoms with Gasteiger partial charge in [-0.3, -0.25) is 4.99 Å². The zero-order valence-corrected chi connectivity index (χ0v) is 17.3. The number of benzene rings is 1. The molecule has 0 saturated carbocycles. The predicted molar refractivity (Wildman–Crippen MR) is 112 cm³/mol. The van der Waals surface area contributed by atoms with Crippen molar-refractivity contribution >= 4 is 29.9 Å². The van der Waals surface area contributed by atoms with Crippen molar-refractivity contribution in [3.63, 3.8) is 0 Å². The Balaban J connectivity index is 0.00000484. The highest BCUT2D eigenvalue weighted by molar-refractivity contribution is 14.0. The van der Waals surface area contributed by atoms with E-state index in [1.165, 1.54) is 5.56 Å². The van der Waals surface area contributed by atoms with Crippen molar-refractivity contribution in [3.8, 4) is 0 Å². The first kappa shape index (κ1) is 22.2. The van der Waals surface area contributed by atoms with E-state index in [2.05, 4.69) is 78.7 Å². The van der Waals surface area contributed by atoms with Crippen LogP contribution in [0.4, 0.5) is 0 Å². The molecule has 1 rings (SSSR count). The molecule has 0 aliphatic heterocycles. The molecule has 0 amide bonds. The molecular weight excluding hydrogens is 399 g/mol. The summed E-state index contributed by atoms with van der Waals surface area (Å²) in [5.74, 6) is 0.924. The number of nitrogens with one attached hydrogen (secondary N) is 2. The molecule has 23 heavy (non-hydrogen) atoms. The summed E-state index contributed by atoms with van der Waals surface area (Å²) in [5, 5.41) is 6.82. The lowest BCUT2D eigenvalue weighted by Crippen LogP contribution is -2.42. The van der Waals surface area contributed by atoms with Crippen LogP contribution in [0.1, 0.15) is 32.8 Å². The Bertz CT molecular complexity index is 422. The van der Waals surface area contributed by atoms with Crippen LogP contribution < -0.4 is 10.6 Å². The van der Waals surface area contributed by atoms with Gasteiger partial charge in [0.2, 0.25) is 0 Å². The first-order chi connectivity index (χ1) is 10.7. The van der Waals surface area contributed by atoms with Crippen LogP contribution in [0.3, 0.4) is 0 Å². The average Bonchev–Trinajstić information content (AvgIpc) is 2.54. The van der Waals surface area contributed by atoms with Crippen molar-refractivity contribution in [3.05, 3.63) is 35.9 Å². The molecule has 0 spiro atoms. The number of hydrogen-bond acceptors (Lipinski definition) is 2. The number of halogens is 1. The van der Waals surface area contributed by atoms with Gasteiger partial charge < -0.3 is 15.5 Å². The highest BCUT2D eigenvalue weighted by Gasteiger charge is 2.05. The second kappa shape index (κ2) is 13.6. The minimum absolute atomic E-state index is 0. The molecule has 0 bridgehead atoms. The van der Waals surface area contributed by atoms with Crippen molar-refractivity contribution in [1.82, 2.24) is 15.5 Å². The van der Waals surface area contributed by atoms with Crippen LogP contribution in [0.2, 0.25) is 0 Å². The Morgan fingerprint density at radius 3 is 2.52 bits per heavy atom. The number of aliphatic imine (C=N–C) groups is 1. The third-order valence-electron chi connectivity index (χ3n) is 3.73. The molecule has 1 aromatic carbocycles. The van der Waals surface area contributed by atoms with E-state index in [1.54, 1.807) is 0 Å². The largest absolute Gasteiger partial charge is 0.357 e. The van der Waals surface area contributed by atoms with Gasteiger partial charge in [0.1, 0.15) is 0 Å². The van der Waals surface area contributed by atoms with Crippen LogP contribution in [0.25, 0.3) is 0 Å². The fraction of sp³-hybridized carbons (Fsp3) is 0.611. The molecule has 0 aliphatic carbocycles. The van der Waals surface area contributed by atoms with Crippen LogP contribution in [-0.2, 0) is 6.42 Å². The molecule has 4 nitrogen and oxygen atoms in total. The van der Waals surface area contributed by atoms with Gasteiger partial charge in [-0.2, -0.15) is 0 Å². The Kier molecular flexibility index (Phi) is 13.1. The molecule has 0 heterocycles. The number of guanidine groups is 1. The molecule has 0 fully saturated rings. The number of likely N-dealkylation sites (N-methyl/N-ethyl adjacent to an activating group) is 1. The van der Waals surface area contributed by atoms with Crippen LogP contribution in [-0.4, -0.2) is 50.1 Å². The summed E-state index contributed by atoms with van der Waals surface area (Å²) in [5.41, 5.74) is 1.39. The lowest BCUT2D eigenvalue weighted by molar-refractivity contribution is 0.363. The fourth-order valence-corrected chi connectivity index (χ4v) is 2.14.